The normalized spacial score (nSPS) is 13.9. The van der Waals surface area contributed by atoms with Crippen LogP contribution in [0.5, 0.6) is 23.0 Å². The summed E-state index contributed by atoms with van der Waals surface area (Å²) in [6.07, 6.45) is 24.5. The topological polar surface area (TPSA) is 58.9 Å². The highest BCUT2D eigenvalue weighted by Gasteiger charge is 2.22. The maximum absolute atomic E-state index is 10.7. The Kier molecular flexibility index (Phi) is 17.7. The van der Waals surface area contributed by atoms with Gasteiger partial charge in [0.05, 0.1) is 14.2 Å². The summed E-state index contributed by atoms with van der Waals surface area (Å²) in [6.45, 7) is 16.8. The van der Waals surface area contributed by atoms with Gasteiger partial charge in [-0.2, -0.15) is 0 Å². The molecule has 0 spiro atoms. The van der Waals surface area contributed by atoms with Crippen molar-refractivity contribution in [2.24, 2.45) is 5.92 Å². The second-order valence-electron chi connectivity index (χ2n) is 11.8. The molecular weight excluding hydrogens is 508 g/mol. The molecule has 2 N–H and O–H groups in total. The highest BCUT2D eigenvalue weighted by atomic mass is 16.5. The lowest BCUT2D eigenvalue weighted by Crippen LogP contribution is -1.98. The van der Waals surface area contributed by atoms with Crippen molar-refractivity contribution >= 4 is 0 Å². The van der Waals surface area contributed by atoms with Crippen LogP contribution in [0.2, 0.25) is 0 Å². The van der Waals surface area contributed by atoms with E-state index in [1.54, 1.807) is 6.92 Å². The SMILES string of the molecule is C=CCC/C(C)=C/CC/C(C)=C/CC/C(C)=C/CC[C@H](C)CCC/C(C)=C/Cc1c(C)c(O)c(OC)c(OC)c1O. The first kappa shape index (κ1) is 36.1. The molecule has 0 aliphatic heterocycles. The summed E-state index contributed by atoms with van der Waals surface area (Å²) in [5.41, 5.74) is 7.05. The zero-order chi connectivity index (χ0) is 30.8. The largest absolute Gasteiger partial charge is 0.504 e. The second kappa shape index (κ2) is 20.1. The van der Waals surface area contributed by atoms with Gasteiger partial charge in [0.15, 0.2) is 11.5 Å². The Balaban J connectivity index is 2.39. The van der Waals surface area contributed by atoms with Crippen molar-refractivity contribution < 1.29 is 19.7 Å². The Bertz CT molecular complexity index is 1070. The molecule has 0 aromatic heterocycles. The maximum atomic E-state index is 10.7. The van der Waals surface area contributed by atoms with Crippen LogP contribution >= 0.6 is 0 Å². The van der Waals surface area contributed by atoms with E-state index in [0.29, 0.717) is 23.5 Å². The van der Waals surface area contributed by atoms with E-state index in [2.05, 4.69) is 65.5 Å². The van der Waals surface area contributed by atoms with Gasteiger partial charge < -0.3 is 19.7 Å². The fourth-order valence-electron chi connectivity index (χ4n) is 5.07. The molecule has 1 aromatic rings. The van der Waals surface area contributed by atoms with E-state index >= 15 is 0 Å². The smallest absolute Gasteiger partial charge is 0.207 e. The molecule has 1 atom stereocenters. The fourth-order valence-corrected chi connectivity index (χ4v) is 5.07. The minimum Gasteiger partial charge on any atom is -0.504 e. The fraction of sp³-hybridized carbons (Fsp3) is 0.568. The Morgan fingerprint density at radius 1 is 0.707 bits per heavy atom. The molecule has 0 aliphatic rings. The zero-order valence-corrected chi connectivity index (χ0v) is 27.4. The highest BCUT2D eigenvalue weighted by molar-refractivity contribution is 5.66. The number of hydrogen-bond donors (Lipinski definition) is 2. The van der Waals surface area contributed by atoms with Crippen LogP contribution in [0.15, 0.2) is 59.3 Å². The average Bonchev–Trinajstić information content (AvgIpc) is 2.93. The zero-order valence-electron chi connectivity index (χ0n) is 27.4. The van der Waals surface area contributed by atoms with Gasteiger partial charge in [0.1, 0.15) is 0 Å². The van der Waals surface area contributed by atoms with Gasteiger partial charge in [-0.1, -0.05) is 66.0 Å². The molecular formula is C37H58O4. The van der Waals surface area contributed by atoms with Crippen LogP contribution in [-0.2, 0) is 6.42 Å². The van der Waals surface area contributed by atoms with E-state index < -0.39 is 0 Å². The Labute approximate surface area is 251 Å². The van der Waals surface area contributed by atoms with E-state index in [1.165, 1.54) is 49.4 Å². The number of ether oxygens (including phenoxy) is 2. The molecule has 0 unspecified atom stereocenters. The van der Waals surface area contributed by atoms with E-state index in [0.717, 1.165) is 57.8 Å². The van der Waals surface area contributed by atoms with E-state index in [-0.39, 0.29) is 23.0 Å². The molecule has 230 valence electrons. The molecule has 0 radical (unpaired) electrons. The van der Waals surface area contributed by atoms with Gasteiger partial charge in [0.25, 0.3) is 0 Å². The minimum atomic E-state index is 0.0154. The Morgan fingerprint density at radius 3 is 1.73 bits per heavy atom. The third-order valence-corrected chi connectivity index (χ3v) is 8.02. The number of aromatic hydroxyl groups is 2. The van der Waals surface area contributed by atoms with Crippen molar-refractivity contribution in [1.29, 1.82) is 0 Å². The predicted octanol–water partition coefficient (Wildman–Crippen LogP) is 10.9. The molecule has 0 bridgehead atoms. The van der Waals surface area contributed by atoms with Crippen molar-refractivity contribution in [3.05, 3.63) is 70.4 Å². The maximum Gasteiger partial charge on any atom is 0.207 e. The van der Waals surface area contributed by atoms with Crippen LogP contribution < -0.4 is 9.47 Å². The van der Waals surface area contributed by atoms with E-state index in [9.17, 15) is 10.2 Å². The molecule has 0 amide bonds. The monoisotopic (exact) mass is 566 g/mol. The standard InChI is InChI=1S/C37H58O4/c1-10-11-16-27(2)17-12-18-28(3)19-13-20-29(4)21-14-22-30(5)23-15-24-31(6)25-26-33-32(7)34(38)36(40-8)37(41-9)35(33)39/h10,17,19,21,25,30,38-39H,1,11-16,18,20,22-24,26H2,2-9H3/b27-17+,28-19+,29-21+,31-25+/t30-/m0/s1. The van der Waals surface area contributed by atoms with Crippen LogP contribution in [0.3, 0.4) is 0 Å². The van der Waals surface area contributed by atoms with Gasteiger partial charge in [-0.05, 0) is 111 Å². The Hall–Kier alpha value is -2.88. The van der Waals surface area contributed by atoms with Crippen LogP contribution in [0, 0.1) is 12.8 Å². The molecule has 0 heterocycles. The molecule has 0 saturated carbocycles. The van der Waals surface area contributed by atoms with Gasteiger partial charge >= 0.3 is 0 Å². The lowest BCUT2D eigenvalue weighted by atomic mass is 9.95. The summed E-state index contributed by atoms with van der Waals surface area (Å²) in [4.78, 5) is 0. The van der Waals surface area contributed by atoms with Gasteiger partial charge in [-0.15, -0.1) is 6.58 Å². The number of hydrogen-bond acceptors (Lipinski definition) is 4. The summed E-state index contributed by atoms with van der Waals surface area (Å²) in [5.74, 6) is 1.09. The number of methoxy groups -OCH3 is 2. The number of phenolic OH excluding ortho intramolecular Hbond substituents is 2. The van der Waals surface area contributed by atoms with Crippen molar-refractivity contribution in [2.45, 2.75) is 119 Å². The van der Waals surface area contributed by atoms with Crippen LogP contribution in [0.1, 0.15) is 116 Å². The first-order valence-corrected chi connectivity index (χ1v) is 15.4. The van der Waals surface area contributed by atoms with Crippen molar-refractivity contribution in [2.75, 3.05) is 14.2 Å². The molecule has 0 fully saturated rings. The predicted molar refractivity (Wildman–Crippen MR) is 176 cm³/mol. The van der Waals surface area contributed by atoms with E-state index in [4.69, 9.17) is 9.47 Å². The lowest BCUT2D eigenvalue weighted by molar-refractivity contribution is 0.314. The van der Waals surface area contributed by atoms with Gasteiger partial charge in [0, 0.05) is 11.1 Å². The molecule has 1 rings (SSSR count). The summed E-state index contributed by atoms with van der Waals surface area (Å²) in [7, 11) is 2.91. The molecule has 0 saturated heterocycles. The van der Waals surface area contributed by atoms with Crippen molar-refractivity contribution in [3.63, 3.8) is 0 Å². The highest BCUT2D eigenvalue weighted by Crippen LogP contribution is 2.48. The first-order chi connectivity index (χ1) is 19.5. The number of rotatable bonds is 20. The number of allylic oxidation sites excluding steroid dienone is 9. The number of phenols is 2. The van der Waals surface area contributed by atoms with Crippen LogP contribution in [-0.4, -0.2) is 24.4 Å². The molecule has 0 aliphatic carbocycles. The molecule has 41 heavy (non-hydrogen) atoms. The summed E-state index contributed by atoms with van der Waals surface area (Å²) in [5, 5.41) is 21.1. The third kappa shape index (κ3) is 13.6. The summed E-state index contributed by atoms with van der Waals surface area (Å²) < 4.78 is 10.5. The van der Waals surface area contributed by atoms with Crippen molar-refractivity contribution in [3.8, 4) is 23.0 Å². The van der Waals surface area contributed by atoms with Gasteiger partial charge in [-0.25, -0.2) is 0 Å². The van der Waals surface area contributed by atoms with Gasteiger partial charge in [0.2, 0.25) is 11.5 Å². The molecule has 4 nitrogen and oxygen atoms in total. The lowest BCUT2D eigenvalue weighted by Gasteiger charge is -2.17. The summed E-state index contributed by atoms with van der Waals surface area (Å²) >= 11 is 0. The second-order valence-corrected chi connectivity index (χ2v) is 11.8. The van der Waals surface area contributed by atoms with Crippen LogP contribution in [0.25, 0.3) is 0 Å². The van der Waals surface area contributed by atoms with E-state index in [1.807, 2.05) is 6.08 Å². The molecule has 4 heteroatoms. The van der Waals surface area contributed by atoms with Gasteiger partial charge in [-0.3, -0.25) is 0 Å². The van der Waals surface area contributed by atoms with Crippen molar-refractivity contribution in [1.82, 2.24) is 0 Å². The molecule has 1 aromatic carbocycles. The first-order valence-electron chi connectivity index (χ1n) is 15.4. The minimum absolute atomic E-state index is 0.0154. The average molecular weight is 567 g/mol. The number of benzene rings is 1. The summed E-state index contributed by atoms with van der Waals surface area (Å²) in [6, 6.07) is 0. The Morgan fingerprint density at radius 2 is 1.20 bits per heavy atom. The van der Waals surface area contributed by atoms with Crippen LogP contribution in [0.4, 0.5) is 0 Å². The quantitative estimate of drug-likeness (QED) is 0.122. The third-order valence-electron chi connectivity index (χ3n) is 8.02.